The van der Waals surface area contributed by atoms with Crippen molar-refractivity contribution in [1.29, 1.82) is 0 Å². The van der Waals surface area contributed by atoms with Crippen LogP contribution in [-0.4, -0.2) is 17.5 Å². The number of hydrogen-bond acceptors (Lipinski definition) is 2. The second-order valence-corrected chi connectivity index (χ2v) is 8.61. The summed E-state index contributed by atoms with van der Waals surface area (Å²) in [6, 6.07) is 0. The molecule has 0 radical (unpaired) electrons. The summed E-state index contributed by atoms with van der Waals surface area (Å²) in [5.74, 6) is 2.51. The van der Waals surface area contributed by atoms with Gasteiger partial charge in [-0.05, 0) is 50.9 Å². The maximum Gasteiger partial charge on any atom is 0.159 e. The van der Waals surface area contributed by atoms with Crippen LogP contribution in [0.5, 0.6) is 0 Å². The van der Waals surface area contributed by atoms with Crippen LogP contribution < -0.4 is 0 Å². The standard InChI is InChI=1S/C18H30O2/c1-12-11-15-19-16(2,3)18(20-15)10-9-13-7-5-6-8-14(13)17(12,18)4/h12-15H,5-11H2,1-4H3. The highest BCUT2D eigenvalue weighted by atomic mass is 16.8. The monoisotopic (exact) mass is 278 g/mol. The van der Waals surface area contributed by atoms with Crippen LogP contribution in [0.2, 0.25) is 0 Å². The van der Waals surface area contributed by atoms with Gasteiger partial charge in [0.1, 0.15) is 5.60 Å². The lowest BCUT2D eigenvalue weighted by molar-refractivity contribution is -0.255. The van der Waals surface area contributed by atoms with Gasteiger partial charge in [-0.15, -0.1) is 0 Å². The predicted octanol–water partition coefficient (Wildman–Crippen LogP) is 4.52. The van der Waals surface area contributed by atoms with Crippen LogP contribution >= 0.6 is 0 Å². The summed E-state index contributed by atoms with van der Waals surface area (Å²) in [7, 11) is 0. The van der Waals surface area contributed by atoms with E-state index in [2.05, 4.69) is 27.7 Å². The van der Waals surface area contributed by atoms with Crippen LogP contribution in [0.1, 0.15) is 72.6 Å². The second kappa shape index (κ2) is 4.01. The average Bonchev–Trinajstić information content (AvgIpc) is 2.62. The first-order valence-corrected chi connectivity index (χ1v) is 8.76. The van der Waals surface area contributed by atoms with Gasteiger partial charge in [-0.1, -0.05) is 33.1 Å². The fraction of sp³-hybridized carbons (Fsp3) is 1.00. The highest BCUT2D eigenvalue weighted by molar-refractivity contribution is 5.19. The zero-order valence-electron chi connectivity index (χ0n) is 13.6. The van der Waals surface area contributed by atoms with Crippen LogP contribution in [-0.2, 0) is 9.47 Å². The Morgan fingerprint density at radius 1 is 0.950 bits per heavy atom. The lowest BCUT2D eigenvalue weighted by Crippen LogP contribution is -2.68. The summed E-state index contributed by atoms with van der Waals surface area (Å²) < 4.78 is 12.9. The van der Waals surface area contributed by atoms with Crippen molar-refractivity contribution in [1.82, 2.24) is 0 Å². The fourth-order valence-electron chi connectivity index (χ4n) is 6.64. The van der Waals surface area contributed by atoms with Gasteiger partial charge in [-0.2, -0.15) is 0 Å². The van der Waals surface area contributed by atoms with E-state index in [9.17, 15) is 0 Å². The van der Waals surface area contributed by atoms with Crippen molar-refractivity contribution in [2.75, 3.05) is 0 Å². The SMILES string of the molecule is CC1CC2OC(C)(C)C3(CCC4CCCCC4C13C)O2. The molecule has 2 heteroatoms. The first-order valence-electron chi connectivity index (χ1n) is 8.76. The summed E-state index contributed by atoms with van der Waals surface area (Å²) in [5.41, 5.74) is 0.132. The van der Waals surface area contributed by atoms with E-state index in [1.54, 1.807) is 0 Å². The van der Waals surface area contributed by atoms with E-state index in [0.717, 1.165) is 18.3 Å². The highest BCUT2D eigenvalue weighted by Gasteiger charge is 2.72. The van der Waals surface area contributed by atoms with E-state index < -0.39 is 0 Å². The molecule has 2 aliphatic carbocycles. The van der Waals surface area contributed by atoms with Gasteiger partial charge in [0, 0.05) is 11.8 Å². The third-order valence-electron chi connectivity index (χ3n) is 7.72. The van der Waals surface area contributed by atoms with Crippen LogP contribution in [0, 0.1) is 23.2 Å². The van der Waals surface area contributed by atoms with Crippen molar-refractivity contribution < 1.29 is 9.47 Å². The van der Waals surface area contributed by atoms with Gasteiger partial charge in [0.15, 0.2) is 6.29 Å². The number of fused-ring (bicyclic) bond motifs is 3. The molecule has 0 aromatic rings. The molecule has 4 rings (SSSR count). The van der Waals surface area contributed by atoms with Crippen LogP contribution in [0.3, 0.4) is 0 Å². The van der Waals surface area contributed by atoms with E-state index in [1.165, 1.54) is 38.5 Å². The quantitative estimate of drug-likeness (QED) is 0.648. The maximum atomic E-state index is 6.60. The smallest absolute Gasteiger partial charge is 0.159 e. The topological polar surface area (TPSA) is 18.5 Å². The number of rotatable bonds is 0. The van der Waals surface area contributed by atoms with Gasteiger partial charge in [-0.25, -0.2) is 0 Å². The van der Waals surface area contributed by atoms with Gasteiger partial charge in [0.2, 0.25) is 0 Å². The van der Waals surface area contributed by atoms with E-state index in [4.69, 9.17) is 9.47 Å². The first-order chi connectivity index (χ1) is 9.41. The van der Waals surface area contributed by atoms with Gasteiger partial charge >= 0.3 is 0 Å². The van der Waals surface area contributed by atoms with E-state index in [1.807, 2.05) is 0 Å². The molecule has 2 heterocycles. The molecule has 2 saturated heterocycles. The molecule has 6 atom stereocenters. The van der Waals surface area contributed by atoms with Gasteiger partial charge < -0.3 is 9.47 Å². The van der Waals surface area contributed by atoms with E-state index in [0.29, 0.717) is 11.3 Å². The Morgan fingerprint density at radius 2 is 1.70 bits per heavy atom. The molecule has 1 spiro atoms. The van der Waals surface area contributed by atoms with Crippen molar-refractivity contribution in [3.8, 4) is 0 Å². The molecular formula is C18H30O2. The fourth-order valence-corrected chi connectivity index (χ4v) is 6.64. The Kier molecular flexibility index (Phi) is 2.72. The largest absolute Gasteiger partial charge is 0.344 e. The first kappa shape index (κ1) is 13.6. The lowest BCUT2D eigenvalue weighted by Gasteiger charge is -2.64. The molecule has 2 aliphatic heterocycles. The van der Waals surface area contributed by atoms with Crippen molar-refractivity contribution in [2.24, 2.45) is 23.2 Å². The zero-order valence-corrected chi connectivity index (χ0v) is 13.6. The molecule has 0 N–H and O–H groups in total. The molecule has 6 unspecified atom stereocenters. The zero-order chi connectivity index (χ0) is 14.2. The van der Waals surface area contributed by atoms with Crippen molar-refractivity contribution >= 4 is 0 Å². The summed E-state index contributed by atoms with van der Waals surface area (Å²) in [6.45, 7) is 9.58. The molecule has 2 bridgehead atoms. The summed E-state index contributed by atoms with van der Waals surface area (Å²) in [5, 5.41) is 0. The second-order valence-electron chi connectivity index (χ2n) is 8.61. The highest BCUT2D eigenvalue weighted by Crippen LogP contribution is 2.69. The normalized spacial score (nSPS) is 57.0. The molecule has 0 amide bonds. The third kappa shape index (κ3) is 1.38. The molecular weight excluding hydrogens is 248 g/mol. The Hall–Kier alpha value is -0.0800. The van der Waals surface area contributed by atoms with Crippen molar-refractivity contribution in [2.45, 2.75) is 90.1 Å². The minimum Gasteiger partial charge on any atom is -0.344 e. The summed E-state index contributed by atoms with van der Waals surface area (Å²) in [4.78, 5) is 0. The lowest BCUT2D eigenvalue weighted by atomic mass is 9.44. The Morgan fingerprint density at radius 3 is 2.50 bits per heavy atom. The molecule has 4 fully saturated rings. The molecule has 20 heavy (non-hydrogen) atoms. The van der Waals surface area contributed by atoms with Gasteiger partial charge in [0.05, 0.1) is 5.60 Å². The maximum absolute atomic E-state index is 6.60. The predicted molar refractivity (Wildman–Crippen MR) is 79.3 cm³/mol. The molecule has 114 valence electrons. The Bertz CT molecular complexity index is 418. The number of hydrogen-bond donors (Lipinski definition) is 0. The minimum absolute atomic E-state index is 0.0408. The minimum atomic E-state index is -0.125. The van der Waals surface area contributed by atoms with Crippen molar-refractivity contribution in [3.05, 3.63) is 0 Å². The van der Waals surface area contributed by atoms with Crippen LogP contribution in [0.15, 0.2) is 0 Å². The molecule has 0 aromatic carbocycles. The van der Waals surface area contributed by atoms with Crippen molar-refractivity contribution in [3.63, 3.8) is 0 Å². The van der Waals surface area contributed by atoms with Gasteiger partial charge in [-0.3, -0.25) is 0 Å². The number of ether oxygens (including phenoxy) is 2. The molecule has 4 aliphatic rings. The summed E-state index contributed by atoms with van der Waals surface area (Å²) in [6.07, 6.45) is 9.43. The third-order valence-corrected chi connectivity index (χ3v) is 7.72. The molecule has 2 nitrogen and oxygen atoms in total. The molecule has 2 saturated carbocycles. The van der Waals surface area contributed by atoms with Gasteiger partial charge in [0.25, 0.3) is 0 Å². The van der Waals surface area contributed by atoms with E-state index >= 15 is 0 Å². The molecule has 0 aromatic heterocycles. The Labute approximate surface area is 123 Å². The summed E-state index contributed by atoms with van der Waals surface area (Å²) >= 11 is 0. The Balaban J connectivity index is 1.83. The van der Waals surface area contributed by atoms with E-state index in [-0.39, 0.29) is 17.5 Å². The van der Waals surface area contributed by atoms with Crippen LogP contribution in [0.25, 0.3) is 0 Å². The average molecular weight is 278 g/mol. The van der Waals surface area contributed by atoms with Crippen LogP contribution in [0.4, 0.5) is 0 Å².